The smallest absolute Gasteiger partial charge is 0.222 e. The predicted octanol–water partition coefficient (Wildman–Crippen LogP) is 3.86. The van der Waals surface area contributed by atoms with Gasteiger partial charge in [0, 0.05) is 0 Å². The van der Waals surface area contributed by atoms with Gasteiger partial charge in [-0.25, -0.2) is 0 Å². The second-order valence-corrected chi connectivity index (χ2v) is 8.68. The first-order chi connectivity index (χ1) is 16.8. The van der Waals surface area contributed by atoms with Crippen molar-refractivity contribution < 1.29 is 28.8 Å². The van der Waals surface area contributed by atoms with Crippen molar-refractivity contribution in [3.63, 3.8) is 0 Å². The normalized spacial score (nSPS) is 28.1. The van der Waals surface area contributed by atoms with Gasteiger partial charge < -0.3 is 28.8 Å². The van der Waals surface area contributed by atoms with Crippen molar-refractivity contribution in [1.82, 2.24) is 0 Å². The third kappa shape index (κ3) is 5.08. The Morgan fingerprint density at radius 2 is 1.15 bits per heavy atom. The summed E-state index contributed by atoms with van der Waals surface area (Å²) in [4.78, 5) is 0. The van der Waals surface area contributed by atoms with Gasteiger partial charge in [0.15, 0.2) is 0 Å². The quantitative estimate of drug-likeness (QED) is 0.494. The molecule has 2 aliphatic rings. The summed E-state index contributed by atoms with van der Waals surface area (Å²) in [5, 5.41) is 10.3. The Bertz CT molecular complexity index is 1010. The van der Waals surface area contributed by atoms with E-state index in [1.54, 1.807) is 0 Å². The van der Waals surface area contributed by atoms with Crippen LogP contribution in [0.4, 0.5) is 0 Å². The zero-order valence-corrected chi connectivity index (χ0v) is 19.0. The fraction of sp³-hybridized carbons (Fsp3) is 0.357. The van der Waals surface area contributed by atoms with Crippen molar-refractivity contribution in [1.29, 1.82) is 0 Å². The molecule has 2 fully saturated rings. The highest BCUT2D eigenvalue weighted by Gasteiger charge is 2.61. The SMILES string of the molecule is OC[C@@]12OC[C@@H](O1)[C@@H](OCc1ccccc1)[C@H](OCc1ccccc1)[C@H]2OCc1ccccc1. The first kappa shape index (κ1) is 23.2. The molecule has 0 aliphatic carbocycles. The van der Waals surface area contributed by atoms with Gasteiger partial charge in [-0.1, -0.05) is 91.0 Å². The topological polar surface area (TPSA) is 66.4 Å². The Morgan fingerprint density at radius 1 is 0.676 bits per heavy atom. The van der Waals surface area contributed by atoms with Crippen LogP contribution in [-0.4, -0.2) is 48.5 Å². The highest BCUT2D eigenvalue weighted by atomic mass is 16.8. The molecule has 2 heterocycles. The summed E-state index contributed by atoms with van der Waals surface area (Å²) in [6.07, 6.45) is -1.97. The van der Waals surface area contributed by atoms with Gasteiger partial charge >= 0.3 is 0 Å². The molecule has 0 unspecified atom stereocenters. The molecule has 3 aromatic rings. The molecule has 0 amide bonds. The zero-order valence-electron chi connectivity index (χ0n) is 19.0. The van der Waals surface area contributed by atoms with Gasteiger partial charge in [0.2, 0.25) is 5.79 Å². The van der Waals surface area contributed by atoms with E-state index in [1.807, 2.05) is 91.0 Å². The summed E-state index contributed by atoms with van der Waals surface area (Å²) in [5.74, 6) is -1.28. The van der Waals surface area contributed by atoms with Crippen LogP contribution in [0, 0.1) is 0 Å². The van der Waals surface area contributed by atoms with E-state index in [2.05, 4.69) is 0 Å². The number of hydrogen-bond donors (Lipinski definition) is 1. The molecule has 0 spiro atoms. The lowest BCUT2D eigenvalue weighted by molar-refractivity contribution is -0.330. The zero-order chi connectivity index (χ0) is 23.2. The maximum atomic E-state index is 10.3. The molecule has 178 valence electrons. The maximum absolute atomic E-state index is 10.3. The lowest BCUT2D eigenvalue weighted by Crippen LogP contribution is -2.64. The van der Waals surface area contributed by atoms with E-state index < -0.39 is 24.1 Å². The van der Waals surface area contributed by atoms with Gasteiger partial charge in [-0.2, -0.15) is 0 Å². The Hall–Kier alpha value is -2.58. The lowest BCUT2D eigenvalue weighted by Gasteiger charge is -2.45. The number of aliphatic hydroxyl groups is 1. The van der Waals surface area contributed by atoms with E-state index in [0.717, 1.165) is 16.7 Å². The van der Waals surface area contributed by atoms with Crippen LogP contribution in [0.3, 0.4) is 0 Å². The number of ether oxygens (including phenoxy) is 5. The minimum absolute atomic E-state index is 0.302. The Balaban J connectivity index is 1.40. The van der Waals surface area contributed by atoms with Crippen LogP contribution in [0.1, 0.15) is 16.7 Å². The van der Waals surface area contributed by atoms with Crippen molar-refractivity contribution >= 4 is 0 Å². The van der Waals surface area contributed by atoms with E-state index in [9.17, 15) is 5.11 Å². The Kier molecular flexibility index (Phi) is 7.35. The van der Waals surface area contributed by atoms with Gasteiger partial charge in [0.1, 0.15) is 31.0 Å². The fourth-order valence-corrected chi connectivity index (χ4v) is 4.57. The highest BCUT2D eigenvalue weighted by molar-refractivity contribution is 5.16. The largest absolute Gasteiger partial charge is 0.391 e. The van der Waals surface area contributed by atoms with Gasteiger partial charge in [-0.05, 0) is 16.7 Å². The molecule has 3 aromatic carbocycles. The summed E-state index contributed by atoms with van der Waals surface area (Å²) in [7, 11) is 0. The fourth-order valence-electron chi connectivity index (χ4n) is 4.57. The summed E-state index contributed by atoms with van der Waals surface area (Å²) < 4.78 is 31.4. The average Bonchev–Trinajstić information content (AvgIpc) is 3.29. The molecule has 5 rings (SSSR count). The summed E-state index contributed by atoms with van der Waals surface area (Å²) in [6, 6.07) is 29.9. The molecule has 2 aliphatic heterocycles. The van der Waals surface area contributed by atoms with Crippen LogP contribution >= 0.6 is 0 Å². The van der Waals surface area contributed by atoms with Gasteiger partial charge in [-0.3, -0.25) is 0 Å². The molecule has 6 nitrogen and oxygen atoms in total. The van der Waals surface area contributed by atoms with Crippen molar-refractivity contribution in [3.8, 4) is 0 Å². The van der Waals surface area contributed by atoms with Crippen molar-refractivity contribution in [2.75, 3.05) is 13.2 Å². The Morgan fingerprint density at radius 3 is 1.65 bits per heavy atom. The van der Waals surface area contributed by atoms with E-state index in [4.69, 9.17) is 23.7 Å². The number of hydrogen-bond acceptors (Lipinski definition) is 6. The minimum atomic E-state index is -1.28. The summed E-state index contributed by atoms with van der Waals surface area (Å²) in [5.41, 5.74) is 3.12. The minimum Gasteiger partial charge on any atom is -0.391 e. The first-order valence-corrected chi connectivity index (χ1v) is 11.7. The molecular weight excluding hydrogens is 432 g/mol. The van der Waals surface area contributed by atoms with E-state index in [-0.39, 0.29) is 12.7 Å². The second-order valence-electron chi connectivity index (χ2n) is 8.68. The van der Waals surface area contributed by atoms with Crippen LogP contribution in [-0.2, 0) is 43.5 Å². The predicted molar refractivity (Wildman–Crippen MR) is 126 cm³/mol. The number of benzene rings is 3. The molecule has 1 N–H and O–H groups in total. The van der Waals surface area contributed by atoms with Crippen molar-refractivity contribution in [2.24, 2.45) is 0 Å². The molecule has 0 radical (unpaired) electrons. The molecule has 0 aromatic heterocycles. The summed E-state index contributed by atoms with van der Waals surface area (Å²) >= 11 is 0. The standard InChI is InChI=1S/C28H30O6/c29-20-28-27(32-18-23-14-8-3-9-15-23)26(31-17-22-12-6-2-7-13-22)25(24(34-28)19-33-28)30-16-21-10-4-1-5-11-21/h1-15,24-27,29H,16-20H2/t24-,25-,26+,27-,28-/m1/s1. The summed E-state index contributed by atoms with van der Waals surface area (Å²) in [6.45, 7) is 1.10. The van der Waals surface area contributed by atoms with Crippen LogP contribution < -0.4 is 0 Å². The van der Waals surface area contributed by atoms with Crippen LogP contribution in [0.25, 0.3) is 0 Å². The highest BCUT2D eigenvalue weighted by Crippen LogP contribution is 2.42. The number of fused-ring (bicyclic) bond motifs is 2. The Labute approximate surface area is 200 Å². The molecule has 6 heteroatoms. The molecule has 0 saturated carbocycles. The molecular formula is C28H30O6. The van der Waals surface area contributed by atoms with E-state index >= 15 is 0 Å². The van der Waals surface area contributed by atoms with Gasteiger partial charge in [0.25, 0.3) is 0 Å². The molecule has 2 bridgehead atoms. The third-order valence-corrected chi connectivity index (χ3v) is 6.33. The van der Waals surface area contributed by atoms with Crippen LogP contribution in [0.2, 0.25) is 0 Å². The monoisotopic (exact) mass is 462 g/mol. The third-order valence-electron chi connectivity index (χ3n) is 6.33. The first-order valence-electron chi connectivity index (χ1n) is 11.7. The van der Waals surface area contributed by atoms with E-state index in [0.29, 0.717) is 26.4 Å². The average molecular weight is 463 g/mol. The molecule has 34 heavy (non-hydrogen) atoms. The molecule has 5 atom stereocenters. The van der Waals surface area contributed by atoms with E-state index in [1.165, 1.54) is 0 Å². The number of rotatable bonds is 10. The van der Waals surface area contributed by atoms with Gasteiger partial charge in [-0.15, -0.1) is 0 Å². The van der Waals surface area contributed by atoms with Crippen LogP contribution in [0.5, 0.6) is 0 Å². The second kappa shape index (κ2) is 10.8. The lowest BCUT2D eigenvalue weighted by atomic mass is 9.94. The maximum Gasteiger partial charge on any atom is 0.222 e. The van der Waals surface area contributed by atoms with Gasteiger partial charge in [0.05, 0.1) is 26.4 Å². The van der Waals surface area contributed by atoms with Crippen molar-refractivity contribution in [2.45, 2.75) is 50.0 Å². The van der Waals surface area contributed by atoms with Crippen molar-refractivity contribution in [3.05, 3.63) is 108 Å². The van der Waals surface area contributed by atoms with Crippen LogP contribution in [0.15, 0.2) is 91.0 Å². The number of aliphatic hydroxyl groups excluding tert-OH is 1. The molecule has 2 saturated heterocycles.